The fraction of sp³-hybridized carbons (Fsp3) is 0.638. The van der Waals surface area contributed by atoms with Crippen molar-refractivity contribution in [1.82, 2.24) is 0 Å². The van der Waals surface area contributed by atoms with Gasteiger partial charge in [0.25, 0.3) is 0 Å². The zero-order chi connectivity index (χ0) is 58.6. The van der Waals surface area contributed by atoms with Gasteiger partial charge in [-0.3, -0.25) is 24.0 Å². The van der Waals surface area contributed by atoms with Gasteiger partial charge < -0.3 is 61.6 Å². The second-order valence-corrected chi connectivity index (χ2v) is 18.3. The molecule has 2 aromatic carbocycles. The molecule has 3 aliphatic heterocycles. The molecule has 0 radical (unpaired) electrons. The van der Waals surface area contributed by atoms with E-state index in [9.17, 15) is 51.6 Å². The molecule has 33 nitrogen and oxygen atoms in total. The van der Waals surface area contributed by atoms with E-state index in [-0.39, 0.29) is 13.2 Å². The monoisotopic (exact) mass is 1140 g/mol. The Kier molecular flexibility index (Phi) is 23.4. The summed E-state index contributed by atoms with van der Waals surface area (Å²) >= 11 is 0. The van der Waals surface area contributed by atoms with Gasteiger partial charge in [-0.2, -0.15) is 0 Å². The van der Waals surface area contributed by atoms with Gasteiger partial charge in [0, 0.05) is 59.2 Å². The van der Waals surface area contributed by atoms with Crippen LogP contribution in [0.3, 0.4) is 0 Å². The number of ether oxygens (including phenoxy) is 13. The predicted octanol–water partition coefficient (Wildman–Crippen LogP) is 6.18. The van der Waals surface area contributed by atoms with Crippen molar-refractivity contribution in [2.24, 2.45) is 25.6 Å². The lowest BCUT2D eigenvalue weighted by atomic mass is 9.83. The molecular weight excluding hydrogens is 1080 g/mol. The van der Waals surface area contributed by atoms with E-state index in [1.54, 1.807) is 60.7 Å². The average molecular weight is 1140 g/mol. The summed E-state index contributed by atoms with van der Waals surface area (Å²) in [6.07, 6.45) is -28.5. The van der Waals surface area contributed by atoms with E-state index >= 15 is 4.39 Å². The second kappa shape index (κ2) is 30.5. The molecule has 0 spiro atoms. The molecule has 6 rings (SSSR count). The second-order valence-electron chi connectivity index (χ2n) is 18.3. The number of hydrogen-bond acceptors (Lipinski definition) is 23. The summed E-state index contributed by atoms with van der Waals surface area (Å²) in [5.41, 5.74) is 49.6. The third kappa shape index (κ3) is 17.0. The van der Waals surface area contributed by atoms with Crippen molar-refractivity contribution < 1.29 is 89.9 Å². The van der Waals surface area contributed by atoms with Crippen LogP contribution in [-0.2, 0) is 98.8 Å². The third-order valence-electron chi connectivity index (χ3n) is 12.7. The molecule has 3 saturated heterocycles. The van der Waals surface area contributed by atoms with Crippen molar-refractivity contribution >= 4 is 29.8 Å². The first-order valence-electron chi connectivity index (χ1n) is 24.8. The van der Waals surface area contributed by atoms with E-state index in [1.165, 1.54) is 0 Å². The molecule has 4 aliphatic rings. The number of carbonyl (C=O) groups is 5. The first-order valence-corrected chi connectivity index (χ1v) is 24.8. The highest BCUT2D eigenvalue weighted by molar-refractivity contribution is 5.68. The van der Waals surface area contributed by atoms with Crippen LogP contribution in [0.4, 0.5) is 4.39 Å². The molecule has 1 aliphatic carbocycles. The number of hydrogen-bond donors (Lipinski definition) is 0. The molecule has 19 atom stereocenters. The summed E-state index contributed by atoms with van der Waals surface area (Å²) in [5.74, 6) is -4.77. The third-order valence-corrected chi connectivity index (χ3v) is 12.7. The summed E-state index contributed by atoms with van der Waals surface area (Å²) in [5, 5.41) is 18.6. The van der Waals surface area contributed by atoms with Crippen LogP contribution in [0.5, 0.6) is 0 Å². The fourth-order valence-electron chi connectivity index (χ4n) is 9.50. The van der Waals surface area contributed by atoms with Crippen LogP contribution in [0.2, 0.25) is 0 Å². The topological polar surface area (TPSA) is 449 Å². The van der Waals surface area contributed by atoms with Crippen LogP contribution >= 0.6 is 0 Å². The highest BCUT2D eigenvalue weighted by atomic mass is 19.1. The lowest BCUT2D eigenvalue weighted by Crippen LogP contribution is -2.64. The molecule has 434 valence electrons. The first-order chi connectivity index (χ1) is 39.0. The van der Waals surface area contributed by atoms with Crippen LogP contribution < -0.4 is 0 Å². The Morgan fingerprint density at radius 2 is 0.938 bits per heavy atom. The Morgan fingerprint density at radius 1 is 0.494 bits per heavy atom. The smallest absolute Gasteiger partial charge is 0.303 e. The minimum absolute atomic E-state index is 0.133. The Balaban J connectivity index is 1.46. The van der Waals surface area contributed by atoms with Crippen LogP contribution in [-0.4, -0.2) is 166 Å². The quantitative estimate of drug-likeness (QED) is 0.0352. The minimum Gasteiger partial charge on any atom is -0.463 e. The Hall–Kier alpha value is -8.05. The molecule has 0 aromatic heterocycles. The molecule has 81 heavy (non-hydrogen) atoms. The molecule has 1 saturated carbocycles. The largest absolute Gasteiger partial charge is 0.463 e. The van der Waals surface area contributed by atoms with Gasteiger partial charge in [-0.1, -0.05) is 86.2 Å². The maximum Gasteiger partial charge on any atom is 0.303 e. The fourth-order valence-corrected chi connectivity index (χ4v) is 9.50. The Morgan fingerprint density at radius 3 is 1.47 bits per heavy atom. The van der Waals surface area contributed by atoms with E-state index < -0.39 is 172 Å². The maximum atomic E-state index is 17.6. The summed E-state index contributed by atoms with van der Waals surface area (Å²) in [7, 11) is 0. The van der Waals surface area contributed by atoms with Crippen LogP contribution in [0.25, 0.3) is 52.2 Å². The van der Waals surface area contributed by atoms with Gasteiger partial charge in [-0.05, 0) is 45.2 Å². The van der Waals surface area contributed by atoms with Crippen molar-refractivity contribution in [3.63, 3.8) is 0 Å². The maximum absolute atomic E-state index is 17.6. The molecule has 3 heterocycles. The Labute approximate surface area is 458 Å². The highest BCUT2D eigenvalue weighted by Crippen LogP contribution is 2.41. The number of halogens is 1. The summed E-state index contributed by atoms with van der Waals surface area (Å²) in [6, 6.07) is 12.6. The number of carbonyl (C=O) groups excluding carboxylic acids is 5. The average Bonchev–Trinajstić information content (AvgIpc) is 3.99. The van der Waals surface area contributed by atoms with Gasteiger partial charge in [-0.15, -0.1) is 0 Å². The van der Waals surface area contributed by atoms with E-state index in [0.717, 1.165) is 34.6 Å². The van der Waals surface area contributed by atoms with E-state index in [2.05, 4.69) is 50.1 Å². The standard InChI is InChI=1S/C47H56FN15O18/c1-22(64)69-21-33-40(80-45-35(58-63-53)42(74-25(4)67)39(73-24(3)66)32(76-45)18-55-60-50)44(75-26(5)68)47(78-33)81-43-36(72-23(2)65)29(56-61-51)16-30(57-62-52)37(43)79-46-41(71-20-28-14-10-7-11-15-28)34(48)38(31(77-46)17-54-59-49)70-19-27-12-8-6-9-13-27/h6-15,29-47H,16-21H2,1-5H3/t29?,30?,31-,32+,33-,34+,35?,36+,37-,38-,39-,40-,41-,42-,43-,44-,45-,46-,47+/m1/s1. The lowest BCUT2D eigenvalue weighted by Gasteiger charge is -2.48. The predicted molar refractivity (Wildman–Crippen MR) is 266 cm³/mol. The van der Waals surface area contributed by atoms with E-state index in [0.29, 0.717) is 11.1 Å². The van der Waals surface area contributed by atoms with Gasteiger partial charge in [-0.25, -0.2) is 4.39 Å². The summed E-state index contributed by atoms with van der Waals surface area (Å²) < 4.78 is 96.3. The van der Waals surface area contributed by atoms with Crippen LogP contribution in [0.1, 0.15) is 52.2 Å². The number of benzene rings is 2. The normalized spacial score (nSPS) is 32.2. The molecule has 0 N–H and O–H groups in total. The summed E-state index contributed by atoms with van der Waals surface area (Å²) in [4.78, 5) is 77.8. The van der Waals surface area contributed by atoms with E-state index in [1.807, 2.05) is 0 Å². The van der Waals surface area contributed by atoms with Gasteiger partial charge >= 0.3 is 29.8 Å². The minimum atomic E-state index is -2.14. The highest BCUT2D eigenvalue weighted by Gasteiger charge is 2.59. The molecule has 3 unspecified atom stereocenters. The van der Waals surface area contributed by atoms with Gasteiger partial charge in [0.05, 0.1) is 50.6 Å². The molecule has 0 bridgehead atoms. The number of rotatable bonds is 25. The molecule has 2 aromatic rings. The molecule has 4 fully saturated rings. The van der Waals surface area contributed by atoms with Crippen molar-refractivity contribution in [3.8, 4) is 0 Å². The molecule has 34 heteroatoms. The molecular formula is C47H56FN15O18. The number of alkyl halides is 1. The van der Waals surface area contributed by atoms with Crippen molar-refractivity contribution in [2.75, 3.05) is 19.7 Å². The first kappa shape index (κ1) is 62.2. The summed E-state index contributed by atoms with van der Waals surface area (Å²) in [6.45, 7) is 2.80. The number of esters is 5. The number of nitrogens with zero attached hydrogens (tertiary/aromatic N) is 15. The van der Waals surface area contributed by atoms with Gasteiger partial charge in [0.2, 0.25) is 0 Å². The van der Waals surface area contributed by atoms with Gasteiger partial charge in [0.15, 0.2) is 43.4 Å². The Bertz CT molecular complexity index is 2750. The SMILES string of the molecule is CC(=O)OC[C@H]1O[C@@H](O[C@H]2[C@H](O[C@H]3O[C@H](CN=[N+]=[N-])[C@@H](OCc4ccccc4)[C@H](F)[C@H]3OCc3ccccc3)C(N=[N+]=[N-])CC(N=[N+]=[N-])[C@@H]2OC(C)=O)[C@H](OC(C)=O)[C@@H]1O[C@H]1O[C@@H](CN=[N+]=[N-])[C@@H](OC(C)=O)[C@H](OC(C)=O)C1N=[N+]=[N-]. The zero-order valence-corrected chi connectivity index (χ0v) is 43.9. The van der Waals surface area contributed by atoms with Crippen molar-refractivity contribution in [1.29, 1.82) is 0 Å². The van der Waals surface area contributed by atoms with Gasteiger partial charge in [0.1, 0.15) is 55.4 Å². The molecule has 0 amide bonds. The zero-order valence-electron chi connectivity index (χ0n) is 43.9. The van der Waals surface area contributed by atoms with Crippen molar-refractivity contribution in [2.45, 2.75) is 171 Å². The number of azide groups is 5. The lowest BCUT2D eigenvalue weighted by molar-refractivity contribution is -0.334. The van der Waals surface area contributed by atoms with Crippen LogP contribution in [0.15, 0.2) is 86.2 Å². The van der Waals surface area contributed by atoms with Crippen molar-refractivity contribution in [3.05, 3.63) is 124 Å². The van der Waals surface area contributed by atoms with E-state index in [4.69, 9.17) is 61.6 Å². The van der Waals surface area contributed by atoms with Crippen LogP contribution in [0, 0.1) is 0 Å².